The van der Waals surface area contributed by atoms with Crippen molar-refractivity contribution in [3.8, 4) is 23.3 Å². The fourth-order valence-corrected chi connectivity index (χ4v) is 5.20. The van der Waals surface area contributed by atoms with E-state index in [9.17, 15) is 0 Å². The normalized spacial score (nSPS) is 21.8. The molecule has 5 rings (SSSR count). The molecule has 0 radical (unpaired) electrons. The molecular weight excluding hydrogens is 402 g/mol. The summed E-state index contributed by atoms with van der Waals surface area (Å²) in [4.78, 5) is 4.40. The Morgan fingerprint density at radius 1 is 0.969 bits per heavy atom. The monoisotopic (exact) mass is 433 g/mol. The fourth-order valence-electron chi connectivity index (χ4n) is 5.20. The van der Waals surface area contributed by atoms with Crippen LogP contribution in [0, 0.1) is 11.8 Å². The zero-order chi connectivity index (χ0) is 21.9. The highest BCUT2D eigenvalue weighted by atomic mass is 16.7. The molecule has 3 fully saturated rings. The van der Waals surface area contributed by atoms with Gasteiger partial charge in [-0.3, -0.25) is 0 Å². The summed E-state index contributed by atoms with van der Waals surface area (Å²) in [5.41, 5.74) is 1.65. The Kier molecular flexibility index (Phi) is 6.08. The zero-order valence-corrected chi connectivity index (χ0v) is 18.8. The van der Waals surface area contributed by atoms with Crippen molar-refractivity contribution in [3.05, 3.63) is 53.9 Å². The first-order valence-corrected chi connectivity index (χ1v) is 11.8. The number of methoxy groups -OCH3 is 1. The van der Waals surface area contributed by atoms with Crippen molar-refractivity contribution < 1.29 is 18.9 Å². The molecule has 2 saturated carbocycles. The van der Waals surface area contributed by atoms with E-state index >= 15 is 0 Å². The largest absolute Gasteiger partial charge is 0.493 e. The SMILES string of the molecule is COc1ccc(C2(C#Cc3ccccn3)CCC3(CC2)OCCO3)cc1OC1CCCC1. The van der Waals surface area contributed by atoms with Gasteiger partial charge in [0.15, 0.2) is 17.3 Å². The second-order valence-corrected chi connectivity index (χ2v) is 9.04. The minimum atomic E-state index is -0.439. The third-order valence-electron chi connectivity index (χ3n) is 7.09. The van der Waals surface area contributed by atoms with E-state index in [1.807, 2.05) is 24.3 Å². The Labute approximate surface area is 190 Å². The average Bonchev–Trinajstić information content (AvgIpc) is 3.52. The molecule has 1 saturated heterocycles. The van der Waals surface area contributed by atoms with Gasteiger partial charge in [0.2, 0.25) is 0 Å². The summed E-state index contributed by atoms with van der Waals surface area (Å²) in [6.45, 7) is 1.35. The van der Waals surface area contributed by atoms with Gasteiger partial charge in [0, 0.05) is 19.0 Å². The molecule has 0 N–H and O–H groups in total. The molecule has 2 aromatic rings. The van der Waals surface area contributed by atoms with Gasteiger partial charge in [0.1, 0.15) is 5.69 Å². The number of rotatable bonds is 4. The van der Waals surface area contributed by atoms with Crippen molar-refractivity contribution in [2.24, 2.45) is 0 Å². The first kappa shape index (κ1) is 21.3. The molecule has 1 spiro atoms. The minimum absolute atomic E-state index is 0.268. The number of aromatic nitrogens is 1. The van der Waals surface area contributed by atoms with E-state index in [-0.39, 0.29) is 11.5 Å². The topological polar surface area (TPSA) is 49.8 Å². The molecule has 0 amide bonds. The van der Waals surface area contributed by atoms with Crippen molar-refractivity contribution in [1.29, 1.82) is 0 Å². The number of benzene rings is 1. The molecule has 3 aliphatic rings. The summed E-state index contributed by atoms with van der Waals surface area (Å²) in [6, 6.07) is 12.2. The number of pyridine rings is 1. The molecular formula is C27H31NO4. The third-order valence-corrected chi connectivity index (χ3v) is 7.09. The van der Waals surface area contributed by atoms with Crippen LogP contribution in [-0.2, 0) is 14.9 Å². The second-order valence-electron chi connectivity index (χ2n) is 9.04. The molecule has 2 heterocycles. The van der Waals surface area contributed by atoms with E-state index in [0.717, 1.165) is 55.7 Å². The Morgan fingerprint density at radius 3 is 2.44 bits per heavy atom. The van der Waals surface area contributed by atoms with E-state index in [1.54, 1.807) is 13.3 Å². The number of ether oxygens (including phenoxy) is 4. The van der Waals surface area contributed by atoms with Crippen LogP contribution in [0.5, 0.6) is 11.5 Å². The summed E-state index contributed by atoms with van der Waals surface area (Å²) < 4.78 is 24.0. The minimum Gasteiger partial charge on any atom is -0.493 e. The van der Waals surface area contributed by atoms with E-state index in [1.165, 1.54) is 18.4 Å². The maximum Gasteiger partial charge on any atom is 0.168 e. The van der Waals surface area contributed by atoms with Crippen LogP contribution in [0.4, 0.5) is 0 Å². The molecule has 168 valence electrons. The lowest BCUT2D eigenvalue weighted by Gasteiger charge is -2.41. The first-order chi connectivity index (χ1) is 15.7. The molecule has 5 heteroatoms. The van der Waals surface area contributed by atoms with Gasteiger partial charge in [-0.1, -0.05) is 18.1 Å². The van der Waals surface area contributed by atoms with Crippen molar-refractivity contribution in [2.75, 3.05) is 20.3 Å². The van der Waals surface area contributed by atoms with Gasteiger partial charge >= 0.3 is 0 Å². The van der Waals surface area contributed by atoms with E-state index < -0.39 is 5.79 Å². The van der Waals surface area contributed by atoms with E-state index in [2.05, 4.69) is 29.0 Å². The zero-order valence-electron chi connectivity index (χ0n) is 18.8. The van der Waals surface area contributed by atoms with Gasteiger partial charge in [-0.2, -0.15) is 0 Å². The average molecular weight is 434 g/mol. The summed E-state index contributed by atoms with van der Waals surface area (Å²) in [5, 5.41) is 0. The van der Waals surface area contributed by atoms with Crippen molar-refractivity contribution in [3.63, 3.8) is 0 Å². The Hall–Kier alpha value is -2.55. The smallest absolute Gasteiger partial charge is 0.168 e. The summed E-state index contributed by atoms with van der Waals surface area (Å²) in [6.07, 6.45) is 10.1. The van der Waals surface area contributed by atoms with Crippen LogP contribution >= 0.6 is 0 Å². The molecule has 1 aliphatic heterocycles. The van der Waals surface area contributed by atoms with E-state index in [0.29, 0.717) is 13.2 Å². The molecule has 0 unspecified atom stereocenters. The van der Waals surface area contributed by atoms with Gasteiger partial charge in [0.05, 0.1) is 31.8 Å². The predicted molar refractivity (Wildman–Crippen MR) is 122 cm³/mol. The molecule has 1 aromatic heterocycles. The van der Waals surface area contributed by atoms with Crippen molar-refractivity contribution in [1.82, 2.24) is 4.98 Å². The van der Waals surface area contributed by atoms with Crippen LogP contribution in [-0.4, -0.2) is 37.2 Å². The molecule has 32 heavy (non-hydrogen) atoms. The highest BCUT2D eigenvalue weighted by Gasteiger charge is 2.46. The summed E-state index contributed by atoms with van der Waals surface area (Å²) in [7, 11) is 1.70. The first-order valence-electron chi connectivity index (χ1n) is 11.8. The maximum atomic E-state index is 6.39. The Morgan fingerprint density at radius 2 is 1.75 bits per heavy atom. The van der Waals surface area contributed by atoms with Crippen LogP contribution in [0.25, 0.3) is 0 Å². The van der Waals surface area contributed by atoms with Crippen LogP contribution < -0.4 is 9.47 Å². The van der Waals surface area contributed by atoms with Crippen molar-refractivity contribution in [2.45, 2.75) is 68.7 Å². The third kappa shape index (κ3) is 4.35. The quantitative estimate of drug-likeness (QED) is 0.634. The second kappa shape index (κ2) is 9.13. The predicted octanol–water partition coefficient (Wildman–Crippen LogP) is 5.02. The standard InChI is InChI=1S/C27H31NO4/c1-29-24-10-9-21(20-25(24)32-23-7-2-3-8-23)26(12-11-22-6-4-5-17-28-22)13-15-27(16-14-26)30-18-19-31-27/h4-6,9-10,17,20,23H,2-3,7-8,13-16,18-19H2,1H3. The van der Waals surface area contributed by atoms with Gasteiger partial charge in [0.25, 0.3) is 0 Å². The number of hydrogen-bond donors (Lipinski definition) is 0. The van der Waals surface area contributed by atoms with Gasteiger partial charge < -0.3 is 18.9 Å². The highest BCUT2D eigenvalue weighted by Crippen LogP contribution is 2.47. The number of hydrogen-bond acceptors (Lipinski definition) is 5. The summed E-state index contributed by atoms with van der Waals surface area (Å²) >= 11 is 0. The van der Waals surface area contributed by atoms with Crippen LogP contribution in [0.2, 0.25) is 0 Å². The lowest BCUT2D eigenvalue weighted by Crippen LogP contribution is -2.41. The lowest BCUT2D eigenvalue weighted by molar-refractivity contribution is -0.182. The molecule has 0 bridgehead atoms. The molecule has 5 nitrogen and oxygen atoms in total. The summed E-state index contributed by atoms with van der Waals surface area (Å²) in [5.74, 6) is 8.12. The van der Waals surface area contributed by atoms with Gasteiger partial charge in [-0.05, 0) is 74.3 Å². The molecule has 2 aliphatic carbocycles. The van der Waals surface area contributed by atoms with Crippen LogP contribution in [0.15, 0.2) is 42.6 Å². The Bertz CT molecular complexity index is 972. The molecule has 0 atom stereocenters. The van der Waals surface area contributed by atoms with Gasteiger partial charge in [-0.25, -0.2) is 4.98 Å². The van der Waals surface area contributed by atoms with Crippen molar-refractivity contribution >= 4 is 0 Å². The molecule has 1 aromatic carbocycles. The van der Waals surface area contributed by atoms with Crippen LogP contribution in [0.3, 0.4) is 0 Å². The highest BCUT2D eigenvalue weighted by molar-refractivity contribution is 5.49. The van der Waals surface area contributed by atoms with E-state index in [4.69, 9.17) is 18.9 Å². The number of nitrogens with zero attached hydrogens (tertiary/aromatic N) is 1. The maximum absolute atomic E-state index is 6.39. The Balaban J connectivity index is 1.49. The fraction of sp³-hybridized carbons (Fsp3) is 0.519. The van der Waals surface area contributed by atoms with Gasteiger partial charge in [-0.15, -0.1) is 0 Å². The lowest BCUT2D eigenvalue weighted by atomic mass is 9.68. The van der Waals surface area contributed by atoms with Crippen LogP contribution in [0.1, 0.15) is 62.6 Å².